The van der Waals surface area contributed by atoms with E-state index < -0.39 is 6.04 Å². The van der Waals surface area contributed by atoms with Crippen molar-refractivity contribution in [3.63, 3.8) is 0 Å². The Morgan fingerprint density at radius 1 is 1.23 bits per heavy atom. The molecule has 22 heavy (non-hydrogen) atoms. The molecule has 0 spiro atoms. The average Bonchev–Trinajstić information content (AvgIpc) is 2.50. The summed E-state index contributed by atoms with van der Waals surface area (Å²) in [7, 11) is 0. The third kappa shape index (κ3) is 6.53. The molecule has 0 bridgehead atoms. The molecule has 122 valence electrons. The van der Waals surface area contributed by atoms with Crippen molar-refractivity contribution >= 4 is 11.8 Å². The first-order valence-electron chi connectivity index (χ1n) is 7.08. The SMILES string of the molecule is CC(C)[C@H](N)C(=O)NCC(=O)NCCOc1ccc(F)cc1. The highest BCUT2D eigenvalue weighted by Gasteiger charge is 2.17. The van der Waals surface area contributed by atoms with Gasteiger partial charge in [0.05, 0.1) is 19.1 Å². The van der Waals surface area contributed by atoms with Gasteiger partial charge in [0.15, 0.2) is 0 Å². The molecule has 0 aliphatic carbocycles. The Labute approximate surface area is 129 Å². The van der Waals surface area contributed by atoms with E-state index in [1.54, 1.807) is 0 Å². The van der Waals surface area contributed by atoms with Crippen LogP contribution in [-0.4, -0.2) is 37.6 Å². The fourth-order valence-electron chi connectivity index (χ4n) is 1.54. The van der Waals surface area contributed by atoms with Crippen LogP contribution in [0.4, 0.5) is 4.39 Å². The van der Waals surface area contributed by atoms with Gasteiger partial charge in [0, 0.05) is 0 Å². The van der Waals surface area contributed by atoms with Crippen molar-refractivity contribution in [2.75, 3.05) is 19.7 Å². The summed E-state index contributed by atoms with van der Waals surface area (Å²) in [5, 5.41) is 5.06. The fourth-order valence-corrected chi connectivity index (χ4v) is 1.54. The van der Waals surface area contributed by atoms with Crippen LogP contribution in [0.3, 0.4) is 0 Å². The van der Waals surface area contributed by atoms with Crippen LogP contribution in [0.25, 0.3) is 0 Å². The fraction of sp³-hybridized carbons (Fsp3) is 0.467. The minimum Gasteiger partial charge on any atom is -0.492 e. The summed E-state index contributed by atoms with van der Waals surface area (Å²) in [6.45, 7) is 4.06. The van der Waals surface area contributed by atoms with Crippen molar-refractivity contribution in [3.05, 3.63) is 30.1 Å². The number of rotatable bonds is 8. The summed E-state index contributed by atoms with van der Waals surface area (Å²) in [6, 6.07) is 4.97. The quantitative estimate of drug-likeness (QED) is 0.607. The van der Waals surface area contributed by atoms with Crippen molar-refractivity contribution in [3.8, 4) is 5.75 Å². The lowest BCUT2D eigenvalue weighted by molar-refractivity contribution is -0.127. The average molecular weight is 311 g/mol. The zero-order valence-electron chi connectivity index (χ0n) is 12.8. The van der Waals surface area contributed by atoms with Crippen LogP contribution >= 0.6 is 0 Å². The molecule has 0 fully saturated rings. The molecule has 0 aliphatic rings. The minimum atomic E-state index is -0.630. The molecule has 1 aromatic carbocycles. The topological polar surface area (TPSA) is 93.5 Å². The van der Waals surface area contributed by atoms with Gasteiger partial charge in [0.25, 0.3) is 0 Å². The maximum atomic E-state index is 12.7. The standard InChI is InChI=1S/C15H22FN3O3/c1-10(2)14(17)15(21)19-9-13(20)18-7-8-22-12-5-3-11(16)4-6-12/h3-6,10,14H,7-9,17H2,1-2H3,(H,18,20)(H,19,21)/t14-/m0/s1. The first-order valence-corrected chi connectivity index (χ1v) is 7.08. The maximum Gasteiger partial charge on any atom is 0.239 e. The van der Waals surface area contributed by atoms with E-state index in [9.17, 15) is 14.0 Å². The molecule has 0 aromatic heterocycles. The smallest absolute Gasteiger partial charge is 0.239 e. The summed E-state index contributed by atoms with van der Waals surface area (Å²) in [6.07, 6.45) is 0. The van der Waals surface area contributed by atoms with E-state index >= 15 is 0 Å². The summed E-state index contributed by atoms with van der Waals surface area (Å²) < 4.78 is 18.0. The molecule has 1 rings (SSSR count). The Hall–Kier alpha value is -2.15. The lowest BCUT2D eigenvalue weighted by atomic mass is 10.1. The molecule has 1 aromatic rings. The van der Waals surface area contributed by atoms with E-state index in [0.717, 1.165) is 0 Å². The van der Waals surface area contributed by atoms with E-state index in [-0.39, 0.29) is 43.2 Å². The van der Waals surface area contributed by atoms with E-state index in [0.29, 0.717) is 5.75 Å². The normalized spacial score (nSPS) is 11.9. The van der Waals surface area contributed by atoms with Crippen molar-refractivity contribution < 1.29 is 18.7 Å². The molecule has 1 atom stereocenters. The summed E-state index contributed by atoms with van der Waals surface area (Å²) in [5.41, 5.74) is 5.65. The minimum absolute atomic E-state index is 0.00664. The number of hydrogen-bond donors (Lipinski definition) is 3. The molecule has 0 heterocycles. The van der Waals surface area contributed by atoms with Gasteiger partial charge in [-0.3, -0.25) is 9.59 Å². The zero-order valence-corrected chi connectivity index (χ0v) is 12.8. The number of hydrogen-bond acceptors (Lipinski definition) is 4. The number of carbonyl (C=O) groups is 2. The van der Waals surface area contributed by atoms with Gasteiger partial charge in [-0.25, -0.2) is 4.39 Å². The largest absolute Gasteiger partial charge is 0.492 e. The second kappa shape index (κ2) is 8.99. The number of nitrogens with one attached hydrogen (secondary N) is 2. The Morgan fingerprint density at radius 3 is 2.45 bits per heavy atom. The maximum absolute atomic E-state index is 12.7. The van der Waals surface area contributed by atoms with Crippen LogP contribution in [-0.2, 0) is 9.59 Å². The van der Waals surface area contributed by atoms with Gasteiger partial charge >= 0.3 is 0 Å². The molecule has 0 aliphatic heterocycles. The van der Waals surface area contributed by atoms with Crippen LogP contribution in [0.2, 0.25) is 0 Å². The van der Waals surface area contributed by atoms with Crippen molar-refractivity contribution in [2.24, 2.45) is 11.7 Å². The molecule has 0 saturated carbocycles. The van der Waals surface area contributed by atoms with Gasteiger partial charge in [-0.2, -0.15) is 0 Å². The number of amides is 2. The van der Waals surface area contributed by atoms with Gasteiger partial charge in [-0.05, 0) is 30.2 Å². The predicted molar refractivity (Wildman–Crippen MR) is 80.7 cm³/mol. The second-order valence-electron chi connectivity index (χ2n) is 5.14. The summed E-state index contributed by atoms with van der Waals surface area (Å²) in [4.78, 5) is 23.1. The first kappa shape index (κ1) is 17.9. The second-order valence-corrected chi connectivity index (χ2v) is 5.14. The van der Waals surface area contributed by atoms with Gasteiger partial charge in [0.1, 0.15) is 18.2 Å². The number of benzene rings is 1. The summed E-state index contributed by atoms with van der Waals surface area (Å²) >= 11 is 0. The molecule has 6 nitrogen and oxygen atoms in total. The molecule has 0 unspecified atom stereocenters. The number of carbonyl (C=O) groups excluding carboxylic acids is 2. The van der Waals surface area contributed by atoms with Crippen molar-refractivity contribution in [1.29, 1.82) is 0 Å². The van der Waals surface area contributed by atoms with E-state index in [2.05, 4.69) is 10.6 Å². The van der Waals surface area contributed by atoms with Crippen LogP contribution in [0, 0.1) is 11.7 Å². The molecule has 0 radical (unpaired) electrons. The zero-order chi connectivity index (χ0) is 16.5. The third-order valence-electron chi connectivity index (χ3n) is 2.95. The molecular weight excluding hydrogens is 289 g/mol. The Balaban J connectivity index is 2.16. The van der Waals surface area contributed by atoms with E-state index in [4.69, 9.17) is 10.5 Å². The van der Waals surface area contributed by atoms with E-state index in [1.165, 1.54) is 24.3 Å². The molecule has 0 saturated heterocycles. The lowest BCUT2D eigenvalue weighted by Gasteiger charge is -2.15. The Bertz CT molecular complexity index is 491. The highest BCUT2D eigenvalue weighted by Crippen LogP contribution is 2.10. The molecule has 7 heteroatoms. The summed E-state index contributed by atoms with van der Waals surface area (Å²) in [5.74, 6) is -0.491. The van der Waals surface area contributed by atoms with Crippen LogP contribution < -0.4 is 21.1 Å². The lowest BCUT2D eigenvalue weighted by Crippen LogP contribution is -2.47. The number of halogens is 1. The molecular formula is C15H22FN3O3. The van der Waals surface area contributed by atoms with Crippen molar-refractivity contribution in [1.82, 2.24) is 10.6 Å². The molecule has 4 N–H and O–H groups in total. The first-order chi connectivity index (χ1) is 10.4. The van der Waals surface area contributed by atoms with E-state index in [1.807, 2.05) is 13.8 Å². The van der Waals surface area contributed by atoms with Crippen LogP contribution in [0.15, 0.2) is 24.3 Å². The van der Waals surface area contributed by atoms with Gasteiger partial charge < -0.3 is 21.1 Å². The van der Waals surface area contributed by atoms with Gasteiger partial charge in [-0.1, -0.05) is 13.8 Å². The Morgan fingerprint density at radius 2 is 1.86 bits per heavy atom. The predicted octanol–water partition coefficient (Wildman–Crippen LogP) is 0.420. The molecule has 2 amide bonds. The van der Waals surface area contributed by atoms with Gasteiger partial charge in [-0.15, -0.1) is 0 Å². The number of ether oxygens (including phenoxy) is 1. The highest BCUT2D eigenvalue weighted by atomic mass is 19.1. The van der Waals surface area contributed by atoms with Crippen LogP contribution in [0.1, 0.15) is 13.8 Å². The monoisotopic (exact) mass is 311 g/mol. The van der Waals surface area contributed by atoms with Crippen LogP contribution in [0.5, 0.6) is 5.75 Å². The number of nitrogens with two attached hydrogens (primary N) is 1. The highest BCUT2D eigenvalue weighted by molar-refractivity contribution is 5.87. The Kier molecular flexibility index (Phi) is 7.31. The third-order valence-corrected chi connectivity index (χ3v) is 2.95. The van der Waals surface area contributed by atoms with Crippen molar-refractivity contribution in [2.45, 2.75) is 19.9 Å². The van der Waals surface area contributed by atoms with Gasteiger partial charge in [0.2, 0.25) is 11.8 Å².